The second-order valence-corrected chi connectivity index (χ2v) is 3.28. The summed E-state index contributed by atoms with van der Waals surface area (Å²) in [7, 11) is 0. The Kier molecular flexibility index (Phi) is 2.32. The predicted octanol–water partition coefficient (Wildman–Crippen LogP) is 0.856. The molecule has 0 spiro atoms. The van der Waals surface area contributed by atoms with E-state index in [1.807, 2.05) is 0 Å². The van der Waals surface area contributed by atoms with Crippen molar-refractivity contribution in [2.45, 2.75) is 6.92 Å². The van der Waals surface area contributed by atoms with Crippen LogP contribution in [0.4, 0.5) is 5.69 Å². The number of anilines is 1. The van der Waals surface area contributed by atoms with Crippen LogP contribution in [0.1, 0.15) is 16.1 Å². The van der Waals surface area contributed by atoms with Gasteiger partial charge in [-0.05, 0) is 19.1 Å². The number of hydrogen-bond acceptors (Lipinski definition) is 4. The molecule has 2 aromatic rings. The van der Waals surface area contributed by atoms with Gasteiger partial charge in [0, 0.05) is 6.20 Å². The molecule has 2 rings (SSSR count). The minimum atomic E-state index is -1.04. The molecule has 82 valence electrons. The van der Waals surface area contributed by atoms with Gasteiger partial charge in [-0.3, -0.25) is 0 Å². The zero-order valence-corrected chi connectivity index (χ0v) is 8.58. The van der Waals surface area contributed by atoms with E-state index in [1.165, 1.54) is 23.1 Å². The smallest absolute Gasteiger partial charge is 0.339 e. The fourth-order valence-corrected chi connectivity index (χ4v) is 1.37. The summed E-state index contributed by atoms with van der Waals surface area (Å²) in [6, 6.07) is 3.04. The Balaban J connectivity index is 2.64. The van der Waals surface area contributed by atoms with Crippen molar-refractivity contribution in [3.05, 3.63) is 35.8 Å². The van der Waals surface area contributed by atoms with E-state index in [1.54, 1.807) is 13.0 Å². The van der Waals surface area contributed by atoms with Crippen LogP contribution < -0.4 is 5.73 Å². The highest BCUT2D eigenvalue weighted by molar-refractivity contribution is 5.91. The number of nitrogen functional groups attached to an aromatic ring is 1. The van der Waals surface area contributed by atoms with Gasteiger partial charge in [-0.2, -0.15) is 5.10 Å². The summed E-state index contributed by atoms with van der Waals surface area (Å²) in [4.78, 5) is 15.0. The maximum atomic E-state index is 11.0. The van der Waals surface area contributed by atoms with Crippen LogP contribution in [0.2, 0.25) is 0 Å². The van der Waals surface area contributed by atoms with Crippen LogP contribution in [0.25, 0.3) is 5.82 Å². The van der Waals surface area contributed by atoms with Crippen molar-refractivity contribution in [1.29, 1.82) is 0 Å². The van der Waals surface area contributed by atoms with Crippen molar-refractivity contribution in [3.8, 4) is 5.82 Å². The molecule has 0 fully saturated rings. The number of pyridine rings is 1. The molecule has 0 radical (unpaired) electrons. The maximum Gasteiger partial charge on any atom is 0.339 e. The predicted molar refractivity (Wildman–Crippen MR) is 57.5 cm³/mol. The van der Waals surface area contributed by atoms with Gasteiger partial charge in [-0.1, -0.05) is 0 Å². The van der Waals surface area contributed by atoms with Gasteiger partial charge >= 0.3 is 5.97 Å². The SMILES string of the molecule is Cc1c(N)cnn1-c1ncccc1C(=O)O. The molecule has 0 atom stereocenters. The topological polar surface area (TPSA) is 94.0 Å². The maximum absolute atomic E-state index is 11.0. The molecule has 0 aliphatic carbocycles. The van der Waals surface area contributed by atoms with Crippen LogP contribution in [0.3, 0.4) is 0 Å². The summed E-state index contributed by atoms with van der Waals surface area (Å²) in [5, 5.41) is 13.0. The summed E-state index contributed by atoms with van der Waals surface area (Å²) in [5.74, 6) is -0.777. The molecule has 3 N–H and O–H groups in total. The molecular formula is C10H10N4O2. The molecule has 6 nitrogen and oxygen atoms in total. The molecule has 0 aliphatic heterocycles. The van der Waals surface area contributed by atoms with Crippen molar-refractivity contribution < 1.29 is 9.90 Å². The lowest BCUT2D eigenvalue weighted by molar-refractivity contribution is 0.0696. The van der Waals surface area contributed by atoms with E-state index >= 15 is 0 Å². The monoisotopic (exact) mass is 218 g/mol. The number of carbonyl (C=O) groups is 1. The van der Waals surface area contributed by atoms with Crippen LogP contribution in [-0.4, -0.2) is 25.8 Å². The average Bonchev–Trinajstić information content (AvgIpc) is 2.60. The van der Waals surface area contributed by atoms with E-state index in [4.69, 9.17) is 10.8 Å². The molecule has 0 unspecified atom stereocenters. The summed E-state index contributed by atoms with van der Waals surface area (Å²) in [6.07, 6.45) is 2.98. The fraction of sp³-hybridized carbons (Fsp3) is 0.100. The Morgan fingerprint density at radius 3 is 2.88 bits per heavy atom. The summed E-state index contributed by atoms with van der Waals surface area (Å²) >= 11 is 0. The largest absolute Gasteiger partial charge is 0.478 e. The van der Waals surface area contributed by atoms with Crippen molar-refractivity contribution in [1.82, 2.24) is 14.8 Å². The number of carboxylic acids is 1. The van der Waals surface area contributed by atoms with E-state index in [2.05, 4.69) is 10.1 Å². The first-order valence-electron chi connectivity index (χ1n) is 4.60. The van der Waals surface area contributed by atoms with E-state index in [9.17, 15) is 4.79 Å². The molecule has 0 aliphatic rings. The fourth-order valence-electron chi connectivity index (χ4n) is 1.37. The van der Waals surface area contributed by atoms with E-state index < -0.39 is 5.97 Å². The van der Waals surface area contributed by atoms with Crippen LogP contribution in [0.5, 0.6) is 0 Å². The molecule has 0 saturated carbocycles. The normalized spacial score (nSPS) is 10.3. The number of hydrogen-bond donors (Lipinski definition) is 2. The molecular weight excluding hydrogens is 208 g/mol. The number of nitrogens with zero attached hydrogens (tertiary/aromatic N) is 3. The summed E-state index contributed by atoms with van der Waals surface area (Å²) in [5.41, 5.74) is 6.91. The highest BCUT2D eigenvalue weighted by Gasteiger charge is 2.15. The van der Waals surface area contributed by atoms with Crippen molar-refractivity contribution in [2.24, 2.45) is 0 Å². The van der Waals surface area contributed by atoms with Crippen LogP contribution in [-0.2, 0) is 0 Å². The molecule has 2 heterocycles. The van der Waals surface area contributed by atoms with Gasteiger partial charge in [0.1, 0.15) is 5.56 Å². The lowest BCUT2D eigenvalue weighted by atomic mass is 10.2. The molecule has 0 saturated heterocycles. The second-order valence-electron chi connectivity index (χ2n) is 3.28. The van der Waals surface area contributed by atoms with Crippen LogP contribution in [0, 0.1) is 6.92 Å². The number of aromatic carboxylic acids is 1. The Morgan fingerprint density at radius 2 is 2.31 bits per heavy atom. The van der Waals surface area contributed by atoms with Crippen LogP contribution >= 0.6 is 0 Å². The third-order valence-corrected chi connectivity index (χ3v) is 2.27. The molecule has 0 aromatic carbocycles. The van der Waals surface area contributed by atoms with E-state index in [-0.39, 0.29) is 11.4 Å². The highest BCUT2D eigenvalue weighted by Crippen LogP contribution is 2.16. The quantitative estimate of drug-likeness (QED) is 0.779. The van der Waals surface area contributed by atoms with Crippen molar-refractivity contribution in [2.75, 3.05) is 5.73 Å². The van der Waals surface area contributed by atoms with Gasteiger partial charge < -0.3 is 10.8 Å². The Morgan fingerprint density at radius 1 is 1.56 bits per heavy atom. The first-order chi connectivity index (χ1) is 7.61. The first kappa shape index (κ1) is 10.2. The zero-order valence-electron chi connectivity index (χ0n) is 8.58. The first-order valence-corrected chi connectivity index (χ1v) is 4.60. The third-order valence-electron chi connectivity index (χ3n) is 2.27. The Hall–Kier alpha value is -2.37. The minimum Gasteiger partial charge on any atom is -0.478 e. The van der Waals surface area contributed by atoms with E-state index in [0.717, 1.165) is 0 Å². The van der Waals surface area contributed by atoms with Crippen LogP contribution in [0.15, 0.2) is 24.5 Å². The summed E-state index contributed by atoms with van der Waals surface area (Å²) in [6.45, 7) is 1.75. The zero-order chi connectivity index (χ0) is 11.7. The molecule has 0 bridgehead atoms. The van der Waals surface area contributed by atoms with Crippen molar-refractivity contribution >= 4 is 11.7 Å². The number of carboxylic acid groups (broad SMARTS) is 1. The van der Waals surface area contributed by atoms with Gasteiger partial charge in [0.15, 0.2) is 5.82 Å². The minimum absolute atomic E-state index is 0.0914. The number of rotatable bonds is 2. The average molecular weight is 218 g/mol. The third kappa shape index (κ3) is 1.50. The van der Waals surface area contributed by atoms with Gasteiger partial charge in [0.25, 0.3) is 0 Å². The van der Waals surface area contributed by atoms with Gasteiger partial charge in [0.2, 0.25) is 0 Å². The lowest BCUT2D eigenvalue weighted by Gasteiger charge is -2.06. The second kappa shape index (κ2) is 3.65. The number of aromatic nitrogens is 3. The molecule has 0 amide bonds. The Bertz CT molecular complexity index is 548. The summed E-state index contributed by atoms with van der Waals surface area (Å²) < 4.78 is 1.42. The van der Waals surface area contributed by atoms with Gasteiger partial charge in [-0.15, -0.1) is 0 Å². The van der Waals surface area contributed by atoms with Gasteiger partial charge in [0.05, 0.1) is 17.6 Å². The lowest BCUT2D eigenvalue weighted by Crippen LogP contribution is -2.09. The standard InChI is InChI=1S/C10H10N4O2/c1-6-8(11)5-13-14(6)9-7(10(15)16)3-2-4-12-9/h2-5H,11H2,1H3,(H,15,16). The van der Waals surface area contributed by atoms with Crippen molar-refractivity contribution in [3.63, 3.8) is 0 Å². The number of nitrogens with two attached hydrogens (primary N) is 1. The Labute approximate surface area is 91.3 Å². The molecule has 6 heteroatoms. The highest BCUT2D eigenvalue weighted by atomic mass is 16.4. The van der Waals surface area contributed by atoms with E-state index in [0.29, 0.717) is 11.4 Å². The van der Waals surface area contributed by atoms with Gasteiger partial charge in [-0.25, -0.2) is 14.5 Å². The molecule has 2 aromatic heterocycles. The molecule has 16 heavy (non-hydrogen) atoms.